The molecule has 5 heterocycles. The SMILES string of the molecule is Cc1cc(N)nc(-c2c(Cl)c3c4c(nc(OC[C@@H]5C[C@]6(CN5C)CC6(F)F)nc4c2F)N([C@H](C)c2nccnc2N)CCO3)c1C(F)(F)F. The highest BCUT2D eigenvalue weighted by Gasteiger charge is 2.73. The molecule has 260 valence electrons. The van der Waals surface area contributed by atoms with Crippen LogP contribution in [0.15, 0.2) is 18.5 Å². The minimum atomic E-state index is -4.96. The molecule has 1 aromatic carbocycles. The van der Waals surface area contributed by atoms with Gasteiger partial charge in [-0.25, -0.2) is 23.1 Å². The maximum Gasteiger partial charge on any atom is 0.418 e. The first-order valence-electron chi connectivity index (χ1n) is 15.3. The van der Waals surface area contributed by atoms with Gasteiger partial charge in [0.1, 0.15) is 41.9 Å². The molecule has 3 atom stereocenters. The molecule has 1 saturated carbocycles. The standard InChI is InChI=1S/C31H30ClF6N9O2/c1-13-8-16(39)43-23(19(13)31(36,37)38)17-20(32)25-18-24(21(17)33)44-28(49-10-15-9-29(12-46(15)3)11-30(29,34)35)45-27(18)47(6-7-48-25)14(2)22-26(40)42-5-4-41-22/h4-5,8,14-15H,6-7,9-12H2,1-3H3,(H2,39,43)(H2,40,42)/t14-,15+,29-/m1/s1. The normalized spacial score (nSPS) is 22.3. The molecule has 3 aromatic heterocycles. The van der Waals surface area contributed by atoms with E-state index in [4.69, 9.17) is 32.5 Å². The number of nitrogens with two attached hydrogens (primary N) is 2. The number of ether oxygens (including phenoxy) is 2. The maximum absolute atomic E-state index is 16.9. The van der Waals surface area contributed by atoms with Crippen molar-refractivity contribution in [1.29, 1.82) is 0 Å². The fraction of sp³-hybridized carbons (Fsp3) is 0.452. The molecule has 0 unspecified atom stereocenters. The van der Waals surface area contributed by atoms with E-state index in [1.165, 1.54) is 19.3 Å². The lowest BCUT2D eigenvalue weighted by Crippen LogP contribution is -2.33. The van der Waals surface area contributed by atoms with Gasteiger partial charge in [0.15, 0.2) is 11.6 Å². The Morgan fingerprint density at radius 2 is 1.88 bits per heavy atom. The van der Waals surface area contributed by atoms with Gasteiger partial charge >= 0.3 is 12.2 Å². The smallest absolute Gasteiger partial charge is 0.418 e. The van der Waals surface area contributed by atoms with Crippen LogP contribution in [0.3, 0.4) is 0 Å². The maximum atomic E-state index is 16.9. The van der Waals surface area contributed by atoms with Crippen molar-refractivity contribution in [3.05, 3.63) is 46.1 Å². The number of hydrogen-bond acceptors (Lipinski definition) is 11. The molecule has 49 heavy (non-hydrogen) atoms. The van der Waals surface area contributed by atoms with Crippen LogP contribution >= 0.6 is 11.6 Å². The number of likely N-dealkylation sites (N-methyl/N-ethyl adjacent to an activating group) is 1. The van der Waals surface area contributed by atoms with Crippen LogP contribution in [0.4, 0.5) is 43.8 Å². The number of halogens is 7. The molecule has 11 nitrogen and oxygen atoms in total. The molecular formula is C31H30ClF6N9O2. The van der Waals surface area contributed by atoms with Gasteiger partial charge < -0.3 is 25.8 Å². The average Bonchev–Trinajstić information content (AvgIpc) is 3.47. The van der Waals surface area contributed by atoms with Gasteiger partial charge in [0, 0.05) is 31.4 Å². The van der Waals surface area contributed by atoms with E-state index < -0.39 is 62.8 Å². The lowest BCUT2D eigenvalue weighted by Gasteiger charge is -2.29. The highest BCUT2D eigenvalue weighted by molar-refractivity contribution is 6.36. The zero-order valence-electron chi connectivity index (χ0n) is 26.4. The fourth-order valence-corrected chi connectivity index (χ4v) is 7.38. The molecule has 4 N–H and O–H groups in total. The Bertz CT molecular complexity index is 2000. The van der Waals surface area contributed by atoms with Gasteiger partial charge in [-0.1, -0.05) is 11.6 Å². The molecule has 2 aliphatic heterocycles. The topological polar surface area (TPSA) is 141 Å². The summed E-state index contributed by atoms with van der Waals surface area (Å²) >= 11 is 6.73. The lowest BCUT2D eigenvalue weighted by molar-refractivity contribution is -0.137. The summed E-state index contributed by atoms with van der Waals surface area (Å²) in [6.45, 7) is 3.02. The number of nitrogen functional groups attached to an aromatic ring is 2. The molecule has 1 saturated heterocycles. The number of alkyl halides is 5. The van der Waals surface area contributed by atoms with Crippen molar-refractivity contribution in [2.24, 2.45) is 5.41 Å². The number of nitrogens with zero attached hydrogens (tertiary/aromatic N) is 7. The van der Waals surface area contributed by atoms with Crippen LogP contribution in [0.2, 0.25) is 5.02 Å². The second kappa shape index (κ2) is 11.3. The van der Waals surface area contributed by atoms with Gasteiger partial charge in [-0.05, 0) is 38.9 Å². The summed E-state index contributed by atoms with van der Waals surface area (Å²) in [5.74, 6) is -4.31. The number of pyridine rings is 1. The van der Waals surface area contributed by atoms with Crippen LogP contribution in [0.25, 0.3) is 22.2 Å². The van der Waals surface area contributed by atoms with E-state index in [1.807, 2.05) is 0 Å². The van der Waals surface area contributed by atoms with Crippen LogP contribution in [0, 0.1) is 18.2 Å². The minimum Gasteiger partial charge on any atom is -0.489 e. The number of likely N-dealkylation sites (tertiary alicyclic amines) is 1. The summed E-state index contributed by atoms with van der Waals surface area (Å²) in [5.41, 5.74) is 7.63. The predicted molar refractivity (Wildman–Crippen MR) is 168 cm³/mol. The Kier molecular flexibility index (Phi) is 7.66. The zero-order chi connectivity index (χ0) is 35.2. The Morgan fingerprint density at radius 1 is 1.16 bits per heavy atom. The van der Waals surface area contributed by atoms with Gasteiger partial charge in [0.25, 0.3) is 5.92 Å². The zero-order valence-corrected chi connectivity index (χ0v) is 27.1. The van der Waals surface area contributed by atoms with E-state index in [9.17, 15) is 22.0 Å². The predicted octanol–water partition coefficient (Wildman–Crippen LogP) is 5.83. The largest absolute Gasteiger partial charge is 0.489 e. The monoisotopic (exact) mass is 709 g/mol. The van der Waals surface area contributed by atoms with Gasteiger partial charge in [-0.3, -0.25) is 9.88 Å². The summed E-state index contributed by atoms with van der Waals surface area (Å²) in [6.07, 6.45) is -2.15. The van der Waals surface area contributed by atoms with Gasteiger partial charge in [-0.2, -0.15) is 23.1 Å². The summed E-state index contributed by atoms with van der Waals surface area (Å²) in [7, 11) is 1.71. The third-order valence-electron chi connectivity index (χ3n) is 9.59. The molecule has 3 aliphatic rings. The number of hydrogen-bond donors (Lipinski definition) is 2. The van der Waals surface area contributed by atoms with Crippen LogP contribution in [0.5, 0.6) is 11.8 Å². The van der Waals surface area contributed by atoms with Crippen LogP contribution < -0.4 is 25.8 Å². The van der Waals surface area contributed by atoms with Crippen molar-refractivity contribution in [3.8, 4) is 23.0 Å². The average molecular weight is 710 g/mol. The van der Waals surface area contributed by atoms with Crippen LogP contribution in [-0.2, 0) is 6.18 Å². The van der Waals surface area contributed by atoms with Crippen molar-refractivity contribution in [2.75, 3.05) is 49.7 Å². The molecule has 18 heteroatoms. The fourth-order valence-electron chi connectivity index (χ4n) is 7.05. The Morgan fingerprint density at radius 3 is 2.53 bits per heavy atom. The van der Waals surface area contributed by atoms with Crippen molar-refractivity contribution in [2.45, 2.75) is 50.9 Å². The molecule has 0 amide bonds. The van der Waals surface area contributed by atoms with Crippen molar-refractivity contribution in [3.63, 3.8) is 0 Å². The molecule has 7 rings (SSSR count). The summed E-state index contributed by atoms with van der Waals surface area (Å²) in [5, 5.41) is -0.544. The highest BCUT2D eigenvalue weighted by Crippen LogP contribution is 2.66. The van der Waals surface area contributed by atoms with E-state index in [1.54, 1.807) is 23.8 Å². The molecule has 4 aromatic rings. The Hall–Kier alpha value is -4.38. The highest BCUT2D eigenvalue weighted by atomic mass is 35.5. The Labute approximate surface area is 280 Å². The first kappa shape index (κ1) is 33.1. The van der Waals surface area contributed by atoms with Gasteiger partial charge in [0.2, 0.25) is 0 Å². The summed E-state index contributed by atoms with van der Waals surface area (Å²) in [4.78, 5) is 24.7. The van der Waals surface area contributed by atoms with Gasteiger partial charge in [0.05, 0.1) is 45.2 Å². The number of rotatable bonds is 6. The number of anilines is 3. The quantitative estimate of drug-likeness (QED) is 0.234. The van der Waals surface area contributed by atoms with E-state index in [-0.39, 0.29) is 79.3 Å². The molecule has 0 bridgehead atoms. The number of aromatic nitrogens is 5. The van der Waals surface area contributed by atoms with Crippen molar-refractivity contribution in [1.82, 2.24) is 29.8 Å². The number of aryl methyl sites for hydroxylation is 1. The Balaban J connectivity index is 1.42. The second-order valence-corrected chi connectivity index (χ2v) is 13.1. The molecular weight excluding hydrogens is 680 g/mol. The summed E-state index contributed by atoms with van der Waals surface area (Å²) in [6, 6.07) is -0.393. The molecule has 2 fully saturated rings. The van der Waals surface area contributed by atoms with E-state index in [2.05, 4.69) is 24.9 Å². The molecule has 1 aliphatic carbocycles. The first-order chi connectivity index (χ1) is 23.0. The lowest BCUT2D eigenvalue weighted by atomic mass is 9.98. The van der Waals surface area contributed by atoms with Gasteiger partial charge in [-0.15, -0.1) is 0 Å². The minimum absolute atomic E-state index is 0.0471. The third kappa shape index (κ3) is 5.37. The van der Waals surface area contributed by atoms with E-state index >= 15 is 4.39 Å². The van der Waals surface area contributed by atoms with E-state index in [0.29, 0.717) is 5.69 Å². The first-order valence-corrected chi connectivity index (χ1v) is 15.6. The third-order valence-corrected chi connectivity index (χ3v) is 9.95. The van der Waals surface area contributed by atoms with Crippen LogP contribution in [-0.4, -0.2) is 75.1 Å². The molecule has 1 spiro atoms. The van der Waals surface area contributed by atoms with Crippen molar-refractivity contribution >= 4 is 40.0 Å². The molecule has 0 radical (unpaired) electrons. The van der Waals surface area contributed by atoms with E-state index in [0.717, 1.165) is 6.07 Å². The second-order valence-electron chi connectivity index (χ2n) is 12.8. The number of benzene rings is 1. The van der Waals surface area contributed by atoms with Crippen molar-refractivity contribution < 1.29 is 35.8 Å². The summed E-state index contributed by atoms with van der Waals surface area (Å²) < 4.78 is 100. The van der Waals surface area contributed by atoms with Crippen LogP contribution in [0.1, 0.15) is 42.6 Å².